The fraction of sp³-hybridized carbons (Fsp3) is 0.211. The van der Waals surface area contributed by atoms with Gasteiger partial charge in [0, 0.05) is 23.7 Å². The fourth-order valence-corrected chi connectivity index (χ4v) is 3.21. The number of aromatic amines is 1. The molecule has 1 aliphatic rings. The summed E-state index contributed by atoms with van der Waals surface area (Å²) in [4.78, 5) is 19.4. The maximum absolute atomic E-state index is 12.6. The molecule has 3 heterocycles. The van der Waals surface area contributed by atoms with Crippen molar-refractivity contribution in [1.82, 2.24) is 15.2 Å². The lowest BCUT2D eigenvalue weighted by molar-refractivity contribution is 0.102. The van der Waals surface area contributed by atoms with Gasteiger partial charge in [0.1, 0.15) is 5.82 Å². The second kappa shape index (κ2) is 7.17. The number of H-pyrrole nitrogens is 1. The van der Waals surface area contributed by atoms with Gasteiger partial charge in [-0.1, -0.05) is 23.7 Å². The highest BCUT2D eigenvalue weighted by atomic mass is 35.5. The Morgan fingerprint density at radius 1 is 1.08 bits per heavy atom. The third-order valence-electron chi connectivity index (χ3n) is 4.45. The van der Waals surface area contributed by atoms with Crippen molar-refractivity contribution in [1.29, 1.82) is 0 Å². The third kappa shape index (κ3) is 3.41. The van der Waals surface area contributed by atoms with Crippen molar-refractivity contribution in [2.24, 2.45) is 0 Å². The van der Waals surface area contributed by atoms with Gasteiger partial charge in [-0.05, 0) is 37.1 Å². The van der Waals surface area contributed by atoms with Crippen LogP contribution in [-0.4, -0.2) is 34.2 Å². The Hall–Kier alpha value is -2.86. The number of hydrogen-bond donors (Lipinski definition) is 2. The van der Waals surface area contributed by atoms with Crippen LogP contribution in [-0.2, 0) is 0 Å². The van der Waals surface area contributed by atoms with E-state index in [4.69, 9.17) is 11.6 Å². The van der Waals surface area contributed by atoms with E-state index in [1.54, 1.807) is 18.3 Å². The molecule has 132 valence electrons. The number of amides is 1. The SMILES string of the molecule is O=C(Nc1ccc(N2CCCC2)nc1)c1cn[nH]c1-c1ccc(Cl)cc1. The minimum atomic E-state index is -0.237. The van der Waals surface area contributed by atoms with E-state index in [0.29, 0.717) is 22.0 Å². The molecule has 1 aliphatic heterocycles. The second-order valence-corrected chi connectivity index (χ2v) is 6.66. The zero-order chi connectivity index (χ0) is 17.9. The molecule has 0 unspecified atom stereocenters. The average molecular weight is 368 g/mol. The maximum atomic E-state index is 12.6. The van der Waals surface area contributed by atoms with Gasteiger partial charge >= 0.3 is 0 Å². The summed E-state index contributed by atoms with van der Waals surface area (Å²) in [5.41, 5.74) is 2.62. The topological polar surface area (TPSA) is 73.9 Å². The number of nitrogens with one attached hydrogen (secondary N) is 2. The quantitative estimate of drug-likeness (QED) is 0.731. The lowest BCUT2D eigenvalue weighted by atomic mass is 10.1. The predicted octanol–water partition coefficient (Wildman–Crippen LogP) is 3.98. The molecule has 0 bridgehead atoms. The van der Waals surface area contributed by atoms with Gasteiger partial charge in [0.25, 0.3) is 5.91 Å². The van der Waals surface area contributed by atoms with Crippen molar-refractivity contribution < 1.29 is 4.79 Å². The average Bonchev–Trinajstić information content (AvgIpc) is 3.35. The van der Waals surface area contributed by atoms with E-state index < -0.39 is 0 Å². The second-order valence-electron chi connectivity index (χ2n) is 6.22. The molecule has 4 rings (SSSR count). The Morgan fingerprint density at radius 3 is 2.54 bits per heavy atom. The van der Waals surface area contributed by atoms with Crippen LogP contribution in [0.1, 0.15) is 23.2 Å². The molecule has 0 radical (unpaired) electrons. The van der Waals surface area contributed by atoms with Crippen molar-refractivity contribution in [2.45, 2.75) is 12.8 Å². The van der Waals surface area contributed by atoms with Crippen LogP contribution in [0.2, 0.25) is 5.02 Å². The molecule has 1 saturated heterocycles. The Balaban J connectivity index is 1.50. The molecule has 1 aromatic carbocycles. The first-order chi connectivity index (χ1) is 12.7. The number of aromatic nitrogens is 3. The normalized spacial score (nSPS) is 13.8. The van der Waals surface area contributed by atoms with Gasteiger partial charge in [0.2, 0.25) is 0 Å². The van der Waals surface area contributed by atoms with Crippen LogP contribution in [0, 0.1) is 0 Å². The summed E-state index contributed by atoms with van der Waals surface area (Å²) in [6, 6.07) is 11.1. The molecule has 0 saturated carbocycles. The Morgan fingerprint density at radius 2 is 1.85 bits per heavy atom. The minimum absolute atomic E-state index is 0.237. The molecule has 3 aromatic rings. The van der Waals surface area contributed by atoms with Gasteiger partial charge in [-0.15, -0.1) is 0 Å². The number of carbonyl (C=O) groups is 1. The number of nitrogens with zero attached hydrogens (tertiary/aromatic N) is 3. The highest BCUT2D eigenvalue weighted by Crippen LogP contribution is 2.24. The molecule has 0 atom stereocenters. The first-order valence-corrected chi connectivity index (χ1v) is 8.90. The number of hydrogen-bond acceptors (Lipinski definition) is 4. The van der Waals surface area contributed by atoms with Gasteiger partial charge in [-0.2, -0.15) is 5.10 Å². The van der Waals surface area contributed by atoms with Crippen molar-refractivity contribution in [3.8, 4) is 11.3 Å². The lowest BCUT2D eigenvalue weighted by Crippen LogP contribution is -2.19. The summed E-state index contributed by atoms with van der Waals surface area (Å²) in [6.45, 7) is 2.08. The first kappa shape index (κ1) is 16.6. The number of anilines is 2. The Bertz CT molecular complexity index is 898. The van der Waals surface area contributed by atoms with E-state index in [1.807, 2.05) is 24.3 Å². The van der Waals surface area contributed by atoms with Crippen molar-refractivity contribution >= 4 is 29.0 Å². The minimum Gasteiger partial charge on any atom is -0.357 e. The fourth-order valence-electron chi connectivity index (χ4n) is 3.09. The van der Waals surface area contributed by atoms with Crippen LogP contribution < -0.4 is 10.2 Å². The third-order valence-corrected chi connectivity index (χ3v) is 4.70. The highest BCUT2D eigenvalue weighted by molar-refractivity contribution is 6.30. The van der Waals surface area contributed by atoms with Gasteiger partial charge in [-0.25, -0.2) is 4.98 Å². The van der Waals surface area contributed by atoms with Crippen molar-refractivity contribution in [3.05, 3.63) is 59.4 Å². The molecule has 2 aromatic heterocycles. The smallest absolute Gasteiger partial charge is 0.259 e. The molecule has 7 heteroatoms. The summed E-state index contributed by atoms with van der Waals surface area (Å²) >= 11 is 5.93. The van der Waals surface area contributed by atoms with E-state index in [1.165, 1.54) is 19.0 Å². The van der Waals surface area contributed by atoms with Crippen LogP contribution in [0.15, 0.2) is 48.8 Å². The van der Waals surface area contributed by atoms with Crippen LogP contribution in [0.3, 0.4) is 0 Å². The zero-order valence-electron chi connectivity index (χ0n) is 14.1. The predicted molar refractivity (Wildman–Crippen MR) is 103 cm³/mol. The van der Waals surface area contributed by atoms with Crippen LogP contribution >= 0.6 is 11.6 Å². The lowest BCUT2D eigenvalue weighted by Gasteiger charge is -2.16. The van der Waals surface area contributed by atoms with E-state index in [-0.39, 0.29) is 5.91 Å². The number of halogens is 1. The van der Waals surface area contributed by atoms with E-state index >= 15 is 0 Å². The Kier molecular flexibility index (Phi) is 4.58. The van der Waals surface area contributed by atoms with Crippen LogP contribution in [0.4, 0.5) is 11.5 Å². The molecule has 0 aliphatic carbocycles. The highest BCUT2D eigenvalue weighted by Gasteiger charge is 2.17. The summed E-state index contributed by atoms with van der Waals surface area (Å²) in [6.07, 6.45) is 5.61. The summed E-state index contributed by atoms with van der Waals surface area (Å²) in [7, 11) is 0. The Labute approximate surface area is 156 Å². The van der Waals surface area contributed by atoms with Crippen LogP contribution in [0.25, 0.3) is 11.3 Å². The monoisotopic (exact) mass is 367 g/mol. The number of rotatable bonds is 4. The molecule has 1 fully saturated rings. The number of carbonyl (C=O) groups excluding carboxylic acids is 1. The zero-order valence-corrected chi connectivity index (χ0v) is 14.8. The van der Waals surface area contributed by atoms with Crippen LogP contribution in [0.5, 0.6) is 0 Å². The van der Waals surface area contributed by atoms with Crippen molar-refractivity contribution in [3.63, 3.8) is 0 Å². The van der Waals surface area contributed by atoms with E-state index in [9.17, 15) is 4.79 Å². The standard InChI is InChI=1S/C19H18ClN5O/c20-14-5-3-13(4-6-14)18-16(12-22-24-18)19(26)23-15-7-8-17(21-11-15)25-9-1-2-10-25/h3-8,11-12H,1-2,9-10H2,(H,22,24)(H,23,26). The molecular formula is C19H18ClN5O. The number of pyridine rings is 1. The molecule has 26 heavy (non-hydrogen) atoms. The molecule has 1 amide bonds. The summed E-state index contributed by atoms with van der Waals surface area (Å²) in [5.74, 6) is 0.713. The van der Waals surface area contributed by atoms with Crippen molar-refractivity contribution in [2.75, 3.05) is 23.3 Å². The maximum Gasteiger partial charge on any atom is 0.259 e. The molecular weight excluding hydrogens is 350 g/mol. The summed E-state index contributed by atoms with van der Waals surface area (Å²) < 4.78 is 0. The largest absolute Gasteiger partial charge is 0.357 e. The first-order valence-electron chi connectivity index (χ1n) is 8.52. The van der Waals surface area contributed by atoms with E-state index in [0.717, 1.165) is 24.5 Å². The van der Waals surface area contributed by atoms with Gasteiger partial charge in [-0.3, -0.25) is 9.89 Å². The van der Waals surface area contributed by atoms with Gasteiger partial charge in [0.15, 0.2) is 0 Å². The van der Waals surface area contributed by atoms with Gasteiger partial charge < -0.3 is 10.2 Å². The number of benzene rings is 1. The summed E-state index contributed by atoms with van der Waals surface area (Å²) in [5, 5.41) is 10.4. The van der Waals surface area contributed by atoms with Gasteiger partial charge in [0.05, 0.1) is 29.3 Å². The molecule has 6 nitrogen and oxygen atoms in total. The molecule has 0 spiro atoms. The van der Waals surface area contributed by atoms with E-state index in [2.05, 4.69) is 25.4 Å². The molecule has 2 N–H and O–H groups in total.